The van der Waals surface area contributed by atoms with Crippen LogP contribution in [0.15, 0.2) is 27.6 Å². The number of sulfonamides is 1. The number of nitrogens with zero attached hydrogens (tertiary/aromatic N) is 1. The molecule has 0 atom stereocenters. The zero-order valence-corrected chi connectivity index (χ0v) is 12.7. The second-order valence-electron chi connectivity index (χ2n) is 4.41. The summed E-state index contributed by atoms with van der Waals surface area (Å²) < 4.78 is 27.0. The van der Waals surface area contributed by atoms with Gasteiger partial charge in [-0.3, -0.25) is 0 Å². The van der Waals surface area contributed by atoms with Crippen LogP contribution in [0, 0.1) is 0 Å². The van der Waals surface area contributed by atoms with Gasteiger partial charge in [0.25, 0.3) is 0 Å². The molecule has 100 valence electrons. The number of nitrogens with one attached hydrogen (secondary N) is 1. The molecule has 6 heteroatoms. The molecule has 4 nitrogen and oxygen atoms in total. The third-order valence-corrected chi connectivity index (χ3v) is 5.94. The van der Waals surface area contributed by atoms with Crippen LogP contribution in [-0.4, -0.2) is 32.9 Å². The van der Waals surface area contributed by atoms with Crippen molar-refractivity contribution in [3.63, 3.8) is 0 Å². The van der Waals surface area contributed by atoms with Gasteiger partial charge < -0.3 is 5.32 Å². The van der Waals surface area contributed by atoms with Gasteiger partial charge in [0, 0.05) is 24.1 Å². The van der Waals surface area contributed by atoms with E-state index in [-0.39, 0.29) is 0 Å². The van der Waals surface area contributed by atoms with Crippen molar-refractivity contribution >= 4 is 26.0 Å². The third kappa shape index (κ3) is 2.77. The van der Waals surface area contributed by atoms with Crippen molar-refractivity contribution in [1.82, 2.24) is 9.62 Å². The predicted molar refractivity (Wildman–Crippen MR) is 74.9 cm³/mol. The van der Waals surface area contributed by atoms with Crippen molar-refractivity contribution < 1.29 is 8.42 Å². The standard InChI is InChI=1S/C12H17BrN2O2S/c1-14-9-10-4-5-12(11(13)8-10)18(16,17)15-6-2-3-7-15/h4-5,8,14H,2-3,6-7,9H2,1H3. The summed E-state index contributed by atoms with van der Waals surface area (Å²) in [6.07, 6.45) is 1.91. The monoisotopic (exact) mass is 332 g/mol. The lowest BCUT2D eigenvalue weighted by atomic mass is 10.2. The van der Waals surface area contributed by atoms with E-state index in [1.165, 1.54) is 0 Å². The van der Waals surface area contributed by atoms with Crippen LogP contribution >= 0.6 is 15.9 Å². The molecule has 2 rings (SSSR count). The molecule has 1 aliphatic heterocycles. The van der Waals surface area contributed by atoms with Gasteiger partial charge in [0.1, 0.15) is 0 Å². The van der Waals surface area contributed by atoms with E-state index in [1.54, 1.807) is 10.4 Å². The summed E-state index contributed by atoms with van der Waals surface area (Å²) in [6, 6.07) is 5.40. The molecule has 0 unspecified atom stereocenters. The Hall–Kier alpha value is -0.430. The lowest BCUT2D eigenvalue weighted by molar-refractivity contribution is 0.477. The molecular weight excluding hydrogens is 316 g/mol. The Kier molecular flexibility index (Phi) is 4.42. The van der Waals surface area contributed by atoms with Crippen LogP contribution in [0.1, 0.15) is 18.4 Å². The molecule has 1 N–H and O–H groups in total. The number of hydrogen-bond donors (Lipinski definition) is 1. The number of rotatable bonds is 4. The maximum atomic E-state index is 12.4. The summed E-state index contributed by atoms with van der Waals surface area (Å²) in [6.45, 7) is 1.99. The average Bonchev–Trinajstić information content (AvgIpc) is 2.83. The molecule has 0 aromatic heterocycles. The Morgan fingerprint density at radius 3 is 2.56 bits per heavy atom. The van der Waals surface area contributed by atoms with Gasteiger partial charge in [-0.25, -0.2) is 8.42 Å². The van der Waals surface area contributed by atoms with Crippen LogP contribution in [0.5, 0.6) is 0 Å². The van der Waals surface area contributed by atoms with Crippen LogP contribution in [0.4, 0.5) is 0 Å². The fourth-order valence-electron chi connectivity index (χ4n) is 2.14. The first-order chi connectivity index (χ1) is 8.55. The van der Waals surface area contributed by atoms with E-state index in [0.29, 0.717) is 22.5 Å². The van der Waals surface area contributed by atoms with Crippen molar-refractivity contribution in [1.29, 1.82) is 0 Å². The summed E-state index contributed by atoms with van der Waals surface area (Å²) in [5.74, 6) is 0. The number of hydrogen-bond acceptors (Lipinski definition) is 3. The maximum absolute atomic E-state index is 12.4. The van der Waals surface area contributed by atoms with Gasteiger partial charge in [0.05, 0.1) is 4.90 Å². The normalized spacial score (nSPS) is 17.2. The topological polar surface area (TPSA) is 49.4 Å². The van der Waals surface area contributed by atoms with Crippen molar-refractivity contribution in [2.24, 2.45) is 0 Å². The lowest BCUT2D eigenvalue weighted by Gasteiger charge is -2.17. The van der Waals surface area contributed by atoms with E-state index in [9.17, 15) is 8.42 Å². The number of halogens is 1. The highest BCUT2D eigenvalue weighted by Crippen LogP contribution is 2.28. The summed E-state index contributed by atoms with van der Waals surface area (Å²) in [5.41, 5.74) is 1.06. The molecule has 0 aliphatic carbocycles. The highest BCUT2D eigenvalue weighted by molar-refractivity contribution is 9.10. The zero-order chi connectivity index (χ0) is 13.2. The quantitative estimate of drug-likeness (QED) is 0.916. The fourth-order valence-corrected chi connectivity index (χ4v) is 4.74. The van der Waals surface area contributed by atoms with E-state index < -0.39 is 10.0 Å². The molecule has 0 amide bonds. The molecule has 1 fully saturated rings. The summed E-state index contributed by atoms with van der Waals surface area (Å²) in [5, 5.41) is 3.04. The SMILES string of the molecule is CNCc1ccc(S(=O)(=O)N2CCCC2)c(Br)c1. The van der Waals surface area contributed by atoms with Crippen molar-refractivity contribution in [3.8, 4) is 0 Å². The average molecular weight is 333 g/mol. The molecule has 0 spiro atoms. The van der Waals surface area contributed by atoms with E-state index in [1.807, 2.05) is 19.2 Å². The van der Waals surface area contributed by atoms with Gasteiger partial charge in [-0.1, -0.05) is 6.07 Å². The van der Waals surface area contributed by atoms with Gasteiger partial charge in [-0.05, 0) is 53.5 Å². The highest BCUT2D eigenvalue weighted by Gasteiger charge is 2.28. The van der Waals surface area contributed by atoms with Gasteiger partial charge in [-0.15, -0.1) is 0 Å². The van der Waals surface area contributed by atoms with E-state index in [2.05, 4.69) is 21.2 Å². The molecule has 0 saturated carbocycles. The molecule has 1 aromatic carbocycles. The van der Waals surface area contributed by atoms with Gasteiger partial charge in [0.15, 0.2) is 0 Å². The second kappa shape index (κ2) is 5.69. The Labute approximate surface area is 117 Å². The molecule has 18 heavy (non-hydrogen) atoms. The minimum atomic E-state index is -3.34. The molecule has 0 radical (unpaired) electrons. The van der Waals surface area contributed by atoms with Gasteiger partial charge >= 0.3 is 0 Å². The number of benzene rings is 1. The minimum Gasteiger partial charge on any atom is -0.316 e. The summed E-state index contributed by atoms with van der Waals surface area (Å²) in [4.78, 5) is 0.365. The first-order valence-corrected chi connectivity index (χ1v) is 8.22. The Morgan fingerprint density at radius 1 is 1.33 bits per heavy atom. The van der Waals surface area contributed by atoms with E-state index >= 15 is 0 Å². The lowest BCUT2D eigenvalue weighted by Crippen LogP contribution is -2.28. The molecule has 0 bridgehead atoms. The summed E-state index contributed by atoms with van der Waals surface area (Å²) >= 11 is 3.37. The van der Waals surface area contributed by atoms with E-state index in [4.69, 9.17) is 0 Å². The first kappa shape index (κ1) is 14.0. The zero-order valence-electron chi connectivity index (χ0n) is 10.3. The Balaban J connectivity index is 2.32. The third-order valence-electron chi connectivity index (χ3n) is 3.06. The second-order valence-corrected chi connectivity index (χ2v) is 7.17. The van der Waals surface area contributed by atoms with Crippen LogP contribution in [0.2, 0.25) is 0 Å². The van der Waals surface area contributed by atoms with Crippen molar-refractivity contribution in [2.45, 2.75) is 24.3 Å². The summed E-state index contributed by atoms with van der Waals surface area (Å²) in [7, 11) is -1.47. The predicted octanol–water partition coefficient (Wildman–Crippen LogP) is 1.95. The minimum absolute atomic E-state index is 0.365. The van der Waals surface area contributed by atoms with Crippen molar-refractivity contribution in [2.75, 3.05) is 20.1 Å². The smallest absolute Gasteiger partial charge is 0.244 e. The van der Waals surface area contributed by atoms with Crippen LogP contribution < -0.4 is 5.32 Å². The van der Waals surface area contributed by atoms with Crippen LogP contribution in [-0.2, 0) is 16.6 Å². The van der Waals surface area contributed by atoms with Crippen LogP contribution in [0.3, 0.4) is 0 Å². The largest absolute Gasteiger partial charge is 0.316 e. The highest BCUT2D eigenvalue weighted by atomic mass is 79.9. The molecular formula is C12H17BrN2O2S. The molecule has 1 aromatic rings. The molecule has 1 aliphatic rings. The van der Waals surface area contributed by atoms with Crippen molar-refractivity contribution in [3.05, 3.63) is 28.2 Å². The fraction of sp³-hybridized carbons (Fsp3) is 0.500. The molecule has 1 saturated heterocycles. The molecule has 1 heterocycles. The maximum Gasteiger partial charge on any atom is 0.244 e. The first-order valence-electron chi connectivity index (χ1n) is 5.99. The van der Waals surface area contributed by atoms with E-state index in [0.717, 1.165) is 24.9 Å². The Bertz CT molecular complexity index is 525. The van der Waals surface area contributed by atoms with Crippen LogP contribution in [0.25, 0.3) is 0 Å². The van der Waals surface area contributed by atoms with Gasteiger partial charge in [-0.2, -0.15) is 4.31 Å². The Morgan fingerprint density at radius 2 is 2.00 bits per heavy atom. The van der Waals surface area contributed by atoms with Gasteiger partial charge in [0.2, 0.25) is 10.0 Å².